The second-order valence-electron chi connectivity index (χ2n) is 5.99. The van der Waals surface area contributed by atoms with Crippen LogP contribution in [0.5, 0.6) is 11.5 Å². The molecule has 0 aliphatic rings. The zero-order valence-corrected chi connectivity index (χ0v) is 18.5. The predicted octanol–water partition coefficient (Wildman–Crippen LogP) is 1.02. The summed E-state index contributed by atoms with van der Waals surface area (Å²) in [7, 11) is 0. The number of rotatable bonds is 5. The van der Waals surface area contributed by atoms with Crippen LogP contribution in [0.25, 0.3) is 11.1 Å². The summed E-state index contributed by atoms with van der Waals surface area (Å²) in [6.07, 6.45) is -4.47. The molecule has 0 heterocycles. The van der Waals surface area contributed by atoms with Gasteiger partial charge in [-0.1, -0.05) is 36.4 Å². The van der Waals surface area contributed by atoms with Gasteiger partial charge in [-0.2, -0.15) is 13.2 Å². The summed E-state index contributed by atoms with van der Waals surface area (Å²) >= 11 is 0. The van der Waals surface area contributed by atoms with Gasteiger partial charge in [0, 0.05) is 5.56 Å². The number of halogens is 3. The van der Waals surface area contributed by atoms with E-state index in [9.17, 15) is 28.2 Å². The van der Waals surface area contributed by atoms with Crippen molar-refractivity contribution in [2.45, 2.75) is 12.8 Å². The molecule has 4 nitrogen and oxygen atoms in total. The maximum atomic E-state index is 12.8. The minimum atomic E-state index is -4.47. The molecular formula is C21H14F3KO4. The van der Waals surface area contributed by atoms with Crippen LogP contribution < -0.4 is 61.2 Å². The molecule has 0 unspecified atom stereocenters. The molecular weight excluding hydrogens is 412 g/mol. The summed E-state index contributed by atoms with van der Waals surface area (Å²) in [5, 5.41) is 20.8. The van der Waals surface area contributed by atoms with Crippen LogP contribution in [0.15, 0.2) is 66.7 Å². The minimum absolute atomic E-state index is 0. The molecule has 0 spiro atoms. The number of aromatic carboxylic acids is 1. The minimum Gasteiger partial charge on any atom is -0.545 e. The van der Waals surface area contributed by atoms with Gasteiger partial charge in [0.2, 0.25) is 0 Å². The van der Waals surface area contributed by atoms with Crippen molar-refractivity contribution in [3.8, 4) is 22.6 Å². The third-order valence-electron chi connectivity index (χ3n) is 4.10. The van der Waals surface area contributed by atoms with Gasteiger partial charge in [0.15, 0.2) is 0 Å². The van der Waals surface area contributed by atoms with Crippen LogP contribution >= 0.6 is 0 Å². The number of benzene rings is 3. The van der Waals surface area contributed by atoms with Crippen molar-refractivity contribution < 1.29 is 84.3 Å². The van der Waals surface area contributed by atoms with Crippen molar-refractivity contribution in [1.29, 1.82) is 0 Å². The maximum absolute atomic E-state index is 12.8. The van der Waals surface area contributed by atoms with Gasteiger partial charge < -0.3 is 19.7 Å². The first-order valence-electron chi connectivity index (χ1n) is 8.18. The molecule has 29 heavy (non-hydrogen) atoms. The first-order chi connectivity index (χ1) is 13.3. The normalized spacial score (nSPS) is 10.9. The molecule has 0 aromatic heterocycles. The second kappa shape index (κ2) is 9.77. The number of aromatic hydroxyl groups is 1. The Bertz CT molecular complexity index is 1020. The molecule has 3 aromatic rings. The fourth-order valence-corrected chi connectivity index (χ4v) is 2.72. The van der Waals surface area contributed by atoms with Crippen LogP contribution in [-0.2, 0) is 12.8 Å². The molecule has 144 valence electrons. The van der Waals surface area contributed by atoms with Gasteiger partial charge in [0.1, 0.15) is 18.1 Å². The standard InChI is InChI=1S/C21H15F3O4.K/c22-21(23,24)15-5-3-6-16(11-15)28-12-14-4-1-2-7-17(14)13-8-9-19(25)18(10-13)20(26)27;/h1-11,25H,12H2,(H,26,27);/q;+1/p-1. The van der Waals surface area contributed by atoms with Crippen molar-refractivity contribution >= 4 is 5.97 Å². The number of ether oxygens (including phenoxy) is 1. The summed E-state index contributed by atoms with van der Waals surface area (Å²) in [6, 6.07) is 15.5. The van der Waals surface area contributed by atoms with E-state index in [1.165, 1.54) is 30.3 Å². The molecule has 3 rings (SSSR count). The Hall–Kier alpha value is -1.84. The first kappa shape index (κ1) is 23.4. The van der Waals surface area contributed by atoms with Crippen molar-refractivity contribution in [3.05, 3.63) is 83.4 Å². The number of carbonyl (C=O) groups excluding carboxylic acids is 1. The average Bonchev–Trinajstić information content (AvgIpc) is 2.66. The van der Waals surface area contributed by atoms with Gasteiger partial charge in [0.05, 0.1) is 11.5 Å². The molecule has 0 amide bonds. The van der Waals surface area contributed by atoms with Crippen molar-refractivity contribution in [2.75, 3.05) is 0 Å². The topological polar surface area (TPSA) is 69.6 Å². The smallest absolute Gasteiger partial charge is 0.545 e. The summed E-state index contributed by atoms with van der Waals surface area (Å²) in [5.41, 5.74) is 0.591. The number of carboxylic acids is 1. The maximum Gasteiger partial charge on any atom is 1.00 e. The fourth-order valence-electron chi connectivity index (χ4n) is 2.72. The van der Waals surface area contributed by atoms with E-state index in [0.29, 0.717) is 16.7 Å². The molecule has 0 atom stereocenters. The molecule has 0 saturated heterocycles. The first-order valence-corrected chi connectivity index (χ1v) is 8.18. The van der Waals surface area contributed by atoms with Crippen LogP contribution in [0.2, 0.25) is 0 Å². The van der Waals surface area contributed by atoms with Gasteiger partial charge in [-0.25, -0.2) is 0 Å². The van der Waals surface area contributed by atoms with Gasteiger partial charge in [-0.15, -0.1) is 0 Å². The van der Waals surface area contributed by atoms with E-state index in [2.05, 4.69) is 0 Å². The van der Waals surface area contributed by atoms with E-state index in [0.717, 1.165) is 12.1 Å². The zero-order chi connectivity index (χ0) is 20.3. The Morgan fingerprint density at radius 2 is 1.72 bits per heavy atom. The summed E-state index contributed by atoms with van der Waals surface area (Å²) < 4.78 is 44.0. The fraction of sp³-hybridized carbons (Fsp3) is 0.0952. The number of carbonyl (C=O) groups is 1. The SMILES string of the molecule is O=C([O-])c1cc(-c2ccccc2COc2cccc(C(F)(F)F)c2)ccc1O.[K+]. The van der Waals surface area contributed by atoms with Gasteiger partial charge in [0.25, 0.3) is 0 Å². The van der Waals surface area contributed by atoms with Gasteiger partial charge in [-0.05, 0) is 47.0 Å². The average molecular weight is 426 g/mol. The summed E-state index contributed by atoms with van der Waals surface area (Å²) in [4.78, 5) is 11.1. The van der Waals surface area contributed by atoms with Crippen molar-refractivity contribution in [1.82, 2.24) is 0 Å². The third kappa shape index (κ3) is 5.83. The Morgan fingerprint density at radius 3 is 2.41 bits per heavy atom. The van der Waals surface area contributed by atoms with Gasteiger partial charge in [-0.3, -0.25) is 0 Å². The Balaban J connectivity index is 0.00000300. The third-order valence-corrected chi connectivity index (χ3v) is 4.10. The molecule has 0 aliphatic carbocycles. The zero-order valence-electron chi connectivity index (χ0n) is 15.4. The predicted molar refractivity (Wildman–Crippen MR) is 93.6 cm³/mol. The molecule has 0 radical (unpaired) electrons. The Morgan fingerprint density at radius 1 is 1.00 bits per heavy atom. The van der Waals surface area contributed by atoms with Crippen LogP contribution in [0.3, 0.4) is 0 Å². The number of carboxylic acid groups (broad SMARTS) is 1. The molecule has 0 aliphatic heterocycles. The number of hydrogen-bond acceptors (Lipinski definition) is 4. The quantitative estimate of drug-likeness (QED) is 0.619. The van der Waals surface area contributed by atoms with Crippen LogP contribution in [0.1, 0.15) is 21.5 Å². The largest absolute Gasteiger partial charge is 1.00 e. The van der Waals surface area contributed by atoms with E-state index in [1.54, 1.807) is 24.3 Å². The summed E-state index contributed by atoms with van der Waals surface area (Å²) in [6.45, 7) is -0.0288. The Labute approximate surface area is 207 Å². The monoisotopic (exact) mass is 426 g/mol. The number of alkyl halides is 3. The number of hydrogen-bond donors (Lipinski definition) is 1. The van der Waals surface area contributed by atoms with Crippen LogP contribution in [0, 0.1) is 0 Å². The van der Waals surface area contributed by atoms with E-state index >= 15 is 0 Å². The number of phenols is 1. The van der Waals surface area contributed by atoms with E-state index in [-0.39, 0.29) is 69.3 Å². The van der Waals surface area contributed by atoms with Crippen molar-refractivity contribution in [3.63, 3.8) is 0 Å². The van der Waals surface area contributed by atoms with Crippen LogP contribution in [-0.4, -0.2) is 11.1 Å². The van der Waals surface area contributed by atoms with E-state index in [4.69, 9.17) is 4.74 Å². The molecule has 0 fully saturated rings. The Kier molecular flexibility index (Phi) is 7.90. The molecule has 8 heteroatoms. The van der Waals surface area contributed by atoms with Crippen molar-refractivity contribution in [2.24, 2.45) is 0 Å². The molecule has 3 aromatic carbocycles. The molecule has 1 N–H and O–H groups in total. The second-order valence-corrected chi connectivity index (χ2v) is 5.99. The van der Waals surface area contributed by atoms with E-state index < -0.39 is 23.5 Å². The van der Waals surface area contributed by atoms with E-state index in [1.807, 2.05) is 0 Å². The molecule has 0 bridgehead atoms. The van der Waals surface area contributed by atoms with Crippen LogP contribution in [0.4, 0.5) is 13.2 Å². The van der Waals surface area contributed by atoms with Gasteiger partial charge >= 0.3 is 57.6 Å². The summed E-state index contributed by atoms with van der Waals surface area (Å²) in [5.74, 6) is -1.87. The molecule has 0 saturated carbocycles.